The lowest BCUT2D eigenvalue weighted by Crippen LogP contribution is -2.32. The molecule has 0 saturated heterocycles. The highest BCUT2D eigenvalue weighted by Crippen LogP contribution is 2.35. The van der Waals surface area contributed by atoms with Crippen molar-refractivity contribution in [1.82, 2.24) is 0 Å². The number of methoxy groups -OCH3 is 1. The number of para-hydroxylation sites is 1. The van der Waals surface area contributed by atoms with E-state index in [9.17, 15) is 9.59 Å². The fourth-order valence-electron chi connectivity index (χ4n) is 3.64. The van der Waals surface area contributed by atoms with Gasteiger partial charge in [0.15, 0.2) is 0 Å². The van der Waals surface area contributed by atoms with Crippen molar-refractivity contribution in [2.24, 2.45) is 0 Å². The number of carbonyl (C=O) groups excluding carboxylic acids is 2. The molecular formula is C26H24N2O3. The van der Waals surface area contributed by atoms with Crippen LogP contribution < -0.4 is 15.0 Å². The molecule has 5 heteroatoms. The Morgan fingerprint density at radius 1 is 0.774 bits per heavy atom. The first kappa shape index (κ1) is 20.4. The average molecular weight is 412 g/mol. The molecule has 31 heavy (non-hydrogen) atoms. The Morgan fingerprint density at radius 3 is 2.26 bits per heavy atom. The van der Waals surface area contributed by atoms with Crippen LogP contribution in [0.5, 0.6) is 5.75 Å². The summed E-state index contributed by atoms with van der Waals surface area (Å²) in [6, 6.07) is 20.4. The van der Waals surface area contributed by atoms with Gasteiger partial charge in [-0.25, -0.2) is 4.90 Å². The fraction of sp³-hybridized carbons (Fsp3) is 0.154. The lowest BCUT2D eigenvalue weighted by atomic mass is 9.99. The maximum atomic E-state index is 13.6. The average Bonchev–Trinajstić information content (AvgIpc) is 3.01. The number of nitrogens with zero attached hydrogens (tertiary/aromatic N) is 1. The second-order valence-electron chi connectivity index (χ2n) is 7.64. The van der Waals surface area contributed by atoms with Gasteiger partial charge in [-0.2, -0.15) is 0 Å². The SMILES string of the molecule is COc1cccc(N2C(=O)C(Nc3ccccc3C)=C(c3ccc(C)c(C)c3)C2=O)c1. The molecule has 1 N–H and O–H groups in total. The van der Waals surface area contributed by atoms with Crippen molar-refractivity contribution in [3.8, 4) is 5.75 Å². The molecule has 0 saturated carbocycles. The Labute approximate surface area is 182 Å². The van der Waals surface area contributed by atoms with Crippen LogP contribution in [0.25, 0.3) is 5.57 Å². The first-order chi connectivity index (χ1) is 14.9. The molecule has 3 aromatic rings. The minimum Gasteiger partial charge on any atom is -0.497 e. The molecule has 0 bridgehead atoms. The Bertz CT molecular complexity index is 1230. The van der Waals surface area contributed by atoms with Gasteiger partial charge in [0.25, 0.3) is 11.8 Å². The summed E-state index contributed by atoms with van der Waals surface area (Å²) < 4.78 is 5.29. The molecule has 1 aliphatic heterocycles. The Morgan fingerprint density at radius 2 is 1.55 bits per heavy atom. The number of hydrogen-bond acceptors (Lipinski definition) is 4. The second kappa shape index (κ2) is 8.11. The van der Waals surface area contributed by atoms with E-state index in [0.717, 1.165) is 22.4 Å². The van der Waals surface area contributed by atoms with Crippen molar-refractivity contribution in [3.05, 3.63) is 94.7 Å². The highest BCUT2D eigenvalue weighted by Gasteiger charge is 2.40. The molecule has 1 aliphatic rings. The Kier molecular flexibility index (Phi) is 5.34. The highest BCUT2D eigenvalue weighted by atomic mass is 16.5. The molecule has 2 amide bonds. The van der Waals surface area contributed by atoms with Gasteiger partial charge in [-0.3, -0.25) is 9.59 Å². The van der Waals surface area contributed by atoms with Crippen molar-refractivity contribution in [2.75, 3.05) is 17.3 Å². The summed E-state index contributed by atoms with van der Waals surface area (Å²) in [6.07, 6.45) is 0. The van der Waals surface area contributed by atoms with E-state index < -0.39 is 5.91 Å². The molecule has 5 nitrogen and oxygen atoms in total. The van der Waals surface area contributed by atoms with Gasteiger partial charge in [-0.05, 0) is 61.2 Å². The minimum atomic E-state index is -0.394. The number of ether oxygens (including phenoxy) is 1. The van der Waals surface area contributed by atoms with Crippen LogP contribution in [0.3, 0.4) is 0 Å². The van der Waals surface area contributed by atoms with E-state index >= 15 is 0 Å². The summed E-state index contributed by atoms with van der Waals surface area (Å²) in [5.41, 5.74) is 5.76. The zero-order chi connectivity index (χ0) is 22.1. The van der Waals surface area contributed by atoms with Crippen LogP contribution in [0.15, 0.2) is 72.4 Å². The number of benzene rings is 3. The molecule has 1 heterocycles. The van der Waals surface area contributed by atoms with Gasteiger partial charge in [-0.1, -0.05) is 42.5 Å². The molecule has 0 spiro atoms. The zero-order valence-corrected chi connectivity index (χ0v) is 18.0. The number of carbonyl (C=O) groups is 2. The third kappa shape index (κ3) is 3.70. The number of nitrogens with one attached hydrogen (secondary N) is 1. The van der Waals surface area contributed by atoms with E-state index in [1.165, 1.54) is 4.90 Å². The third-order valence-corrected chi connectivity index (χ3v) is 5.60. The van der Waals surface area contributed by atoms with Gasteiger partial charge >= 0.3 is 0 Å². The molecule has 0 aliphatic carbocycles. The molecule has 0 unspecified atom stereocenters. The number of hydrogen-bond donors (Lipinski definition) is 1. The number of amides is 2. The number of anilines is 2. The monoisotopic (exact) mass is 412 g/mol. The summed E-state index contributed by atoms with van der Waals surface area (Å²) in [7, 11) is 1.55. The van der Waals surface area contributed by atoms with Crippen molar-refractivity contribution in [2.45, 2.75) is 20.8 Å². The van der Waals surface area contributed by atoms with Crippen LogP contribution in [-0.2, 0) is 9.59 Å². The van der Waals surface area contributed by atoms with Gasteiger partial charge in [0.05, 0.1) is 18.4 Å². The smallest absolute Gasteiger partial charge is 0.282 e. The summed E-state index contributed by atoms with van der Waals surface area (Å²) in [6.45, 7) is 5.97. The summed E-state index contributed by atoms with van der Waals surface area (Å²) in [5, 5.41) is 3.24. The maximum Gasteiger partial charge on any atom is 0.282 e. The predicted octanol–water partition coefficient (Wildman–Crippen LogP) is 5.02. The van der Waals surface area contributed by atoms with Crippen LogP contribution in [-0.4, -0.2) is 18.9 Å². The van der Waals surface area contributed by atoms with Crippen molar-refractivity contribution in [3.63, 3.8) is 0 Å². The first-order valence-electron chi connectivity index (χ1n) is 10.1. The maximum absolute atomic E-state index is 13.6. The molecular weight excluding hydrogens is 388 g/mol. The van der Waals surface area contributed by atoms with Gasteiger partial charge < -0.3 is 10.1 Å². The van der Waals surface area contributed by atoms with Gasteiger partial charge in [0.1, 0.15) is 11.4 Å². The van der Waals surface area contributed by atoms with Crippen LogP contribution in [0.1, 0.15) is 22.3 Å². The van der Waals surface area contributed by atoms with E-state index in [4.69, 9.17) is 4.74 Å². The number of imide groups is 1. The number of aryl methyl sites for hydroxylation is 3. The fourth-order valence-corrected chi connectivity index (χ4v) is 3.64. The van der Waals surface area contributed by atoms with E-state index in [-0.39, 0.29) is 11.6 Å². The largest absolute Gasteiger partial charge is 0.497 e. The molecule has 0 radical (unpaired) electrons. The first-order valence-corrected chi connectivity index (χ1v) is 10.1. The van der Waals surface area contributed by atoms with Crippen molar-refractivity contribution in [1.29, 1.82) is 0 Å². The summed E-state index contributed by atoms with van der Waals surface area (Å²) in [4.78, 5) is 28.3. The standard InChI is InChI=1S/C26H24N2O3/c1-16-12-13-19(14-18(16)3)23-24(27-22-11-6-5-8-17(22)2)26(30)28(25(23)29)20-9-7-10-21(15-20)31-4/h5-15,27H,1-4H3. The van der Waals surface area contributed by atoms with Crippen LogP contribution in [0, 0.1) is 20.8 Å². The molecule has 4 rings (SSSR count). The van der Waals surface area contributed by atoms with Gasteiger partial charge in [0, 0.05) is 11.8 Å². The lowest BCUT2D eigenvalue weighted by molar-refractivity contribution is -0.120. The van der Waals surface area contributed by atoms with E-state index in [1.54, 1.807) is 31.4 Å². The van der Waals surface area contributed by atoms with Crippen molar-refractivity contribution < 1.29 is 14.3 Å². The molecule has 3 aromatic carbocycles. The van der Waals surface area contributed by atoms with Gasteiger partial charge in [-0.15, -0.1) is 0 Å². The molecule has 156 valence electrons. The summed E-state index contributed by atoms with van der Waals surface area (Å²) in [5.74, 6) is -0.182. The molecule has 0 atom stereocenters. The summed E-state index contributed by atoms with van der Waals surface area (Å²) >= 11 is 0. The molecule has 0 fully saturated rings. The zero-order valence-electron chi connectivity index (χ0n) is 18.0. The van der Waals surface area contributed by atoms with E-state index in [1.807, 2.05) is 63.2 Å². The molecule has 0 aromatic heterocycles. The van der Waals surface area contributed by atoms with E-state index in [0.29, 0.717) is 22.6 Å². The van der Waals surface area contributed by atoms with Gasteiger partial charge in [0.2, 0.25) is 0 Å². The predicted molar refractivity (Wildman–Crippen MR) is 123 cm³/mol. The minimum absolute atomic E-state index is 0.269. The van der Waals surface area contributed by atoms with Crippen LogP contribution in [0.4, 0.5) is 11.4 Å². The lowest BCUT2D eigenvalue weighted by Gasteiger charge is -2.16. The van der Waals surface area contributed by atoms with E-state index in [2.05, 4.69) is 5.32 Å². The van der Waals surface area contributed by atoms with Crippen LogP contribution in [0.2, 0.25) is 0 Å². The Hall–Kier alpha value is -3.86. The third-order valence-electron chi connectivity index (χ3n) is 5.60. The number of rotatable bonds is 5. The highest BCUT2D eigenvalue weighted by molar-refractivity contribution is 6.46. The topological polar surface area (TPSA) is 58.6 Å². The van der Waals surface area contributed by atoms with Crippen molar-refractivity contribution >= 4 is 28.8 Å². The second-order valence-corrected chi connectivity index (χ2v) is 7.64. The normalized spacial score (nSPS) is 13.7. The van der Waals surface area contributed by atoms with Crippen LogP contribution >= 0.6 is 0 Å². The quantitative estimate of drug-likeness (QED) is 0.598. The Balaban J connectivity index is 1.86.